The second-order valence-electron chi connectivity index (χ2n) is 12.0. The number of carbonyl (C=O) groups excluding carboxylic acids is 1. The lowest BCUT2D eigenvalue weighted by Gasteiger charge is -2.32. The van der Waals surface area contributed by atoms with Crippen LogP contribution in [0, 0.1) is 0 Å². The third-order valence-electron chi connectivity index (χ3n) is 7.52. The summed E-state index contributed by atoms with van der Waals surface area (Å²) in [6.07, 6.45) is 3.89. The highest BCUT2D eigenvalue weighted by molar-refractivity contribution is 6.62. The molecule has 1 aromatic carbocycles. The summed E-state index contributed by atoms with van der Waals surface area (Å²) in [5, 5.41) is 13.5. The minimum absolute atomic E-state index is 0.0142. The number of ether oxygens (including phenoxy) is 1. The number of hydrogen-bond acceptors (Lipinski definition) is 6. The Labute approximate surface area is 206 Å². The predicted molar refractivity (Wildman–Crippen MR) is 136 cm³/mol. The molecule has 7 heteroatoms. The molecule has 34 heavy (non-hydrogen) atoms. The summed E-state index contributed by atoms with van der Waals surface area (Å²) in [4.78, 5) is 12.7. The Morgan fingerprint density at radius 1 is 1.18 bits per heavy atom. The van der Waals surface area contributed by atoms with Crippen LogP contribution in [0.25, 0.3) is 0 Å². The zero-order valence-corrected chi connectivity index (χ0v) is 22.4. The number of aliphatic hydroxyl groups is 1. The third-order valence-corrected chi connectivity index (χ3v) is 7.52. The molecule has 0 unspecified atom stereocenters. The van der Waals surface area contributed by atoms with Crippen LogP contribution in [0.15, 0.2) is 18.2 Å². The predicted octanol–water partition coefficient (Wildman–Crippen LogP) is 3.65. The lowest BCUT2D eigenvalue weighted by atomic mass is 9.67. The van der Waals surface area contributed by atoms with Crippen molar-refractivity contribution in [2.24, 2.45) is 0 Å². The molecular weight excluding hydrogens is 429 g/mol. The van der Waals surface area contributed by atoms with E-state index >= 15 is 0 Å². The van der Waals surface area contributed by atoms with E-state index in [0.29, 0.717) is 13.0 Å². The molecule has 2 aliphatic rings. The molecule has 0 bridgehead atoms. The molecule has 6 nitrogen and oxygen atoms in total. The first-order valence-corrected chi connectivity index (χ1v) is 12.8. The second kappa shape index (κ2) is 10.3. The fourth-order valence-corrected chi connectivity index (χ4v) is 4.97. The van der Waals surface area contributed by atoms with E-state index in [2.05, 4.69) is 65.9 Å². The van der Waals surface area contributed by atoms with Gasteiger partial charge in [0.15, 0.2) is 0 Å². The number of esters is 1. The number of rotatable bonds is 8. The van der Waals surface area contributed by atoms with Gasteiger partial charge in [-0.2, -0.15) is 0 Å². The van der Waals surface area contributed by atoms with E-state index in [1.54, 1.807) is 6.92 Å². The molecule has 1 aromatic rings. The van der Waals surface area contributed by atoms with E-state index in [1.165, 1.54) is 11.1 Å². The van der Waals surface area contributed by atoms with E-state index in [9.17, 15) is 9.90 Å². The minimum atomic E-state index is -0.827. The molecular formula is C27H44BNO5. The Hall–Kier alpha value is -1.41. The highest BCUT2D eigenvalue weighted by Crippen LogP contribution is 2.38. The molecule has 2 fully saturated rings. The molecule has 0 amide bonds. The zero-order valence-electron chi connectivity index (χ0n) is 22.4. The maximum Gasteiger partial charge on any atom is 0.495 e. The second-order valence-corrected chi connectivity index (χ2v) is 12.0. The van der Waals surface area contributed by atoms with Gasteiger partial charge >= 0.3 is 13.1 Å². The molecule has 3 rings (SSSR count). The minimum Gasteiger partial charge on any atom is -0.461 e. The SMILES string of the molecule is C[C@@H](O)[C@H](NCCc1cccc(B2OC(C)(C)C(C)(C)O2)c1C(C)(C)C)C(=O)OC1CCCC1. The molecule has 1 saturated carbocycles. The summed E-state index contributed by atoms with van der Waals surface area (Å²) in [5.41, 5.74) is 2.50. The van der Waals surface area contributed by atoms with Gasteiger partial charge in [0.05, 0.1) is 17.3 Å². The van der Waals surface area contributed by atoms with Gasteiger partial charge in [0.2, 0.25) is 0 Å². The lowest BCUT2D eigenvalue weighted by molar-refractivity contribution is -0.154. The fraction of sp³-hybridized carbons (Fsp3) is 0.741. The van der Waals surface area contributed by atoms with E-state index in [1.807, 2.05) is 6.07 Å². The molecule has 190 valence electrons. The van der Waals surface area contributed by atoms with E-state index in [-0.39, 0.29) is 17.5 Å². The molecule has 2 N–H and O–H groups in total. The van der Waals surface area contributed by atoms with Crippen molar-refractivity contribution < 1.29 is 23.9 Å². The summed E-state index contributed by atoms with van der Waals surface area (Å²) in [6.45, 7) is 17.1. The van der Waals surface area contributed by atoms with E-state index < -0.39 is 30.5 Å². The average molecular weight is 473 g/mol. The maximum absolute atomic E-state index is 12.7. The Bertz CT molecular complexity index is 839. The number of benzene rings is 1. The van der Waals surface area contributed by atoms with Crippen LogP contribution in [-0.4, -0.2) is 54.2 Å². The molecule has 0 radical (unpaired) electrons. The van der Waals surface area contributed by atoms with Crippen LogP contribution in [0.2, 0.25) is 0 Å². The first-order valence-electron chi connectivity index (χ1n) is 12.8. The van der Waals surface area contributed by atoms with E-state index in [4.69, 9.17) is 14.0 Å². The van der Waals surface area contributed by atoms with Crippen LogP contribution >= 0.6 is 0 Å². The van der Waals surface area contributed by atoms with Crippen LogP contribution in [0.4, 0.5) is 0 Å². The number of nitrogens with one attached hydrogen (secondary N) is 1. The zero-order chi connectivity index (χ0) is 25.3. The van der Waals surface area contributed by atoms with Gasteiger partial charge in [0, 0.05) is 6.54 Å². The fourth-order valence-electron chi connectivity index (χ4n) is 4.97. The standard InChI is InChI=1S/C27H44BNO5/c1-18(30)23(24(31)32-20-13-9-10-14-20)29-17-16-19-12-11-15-21(22(19)25(2,3)4)28-33-26(5,6)27(7,8)34-28/h11-12,15,18,20,23,29-30H,9-10,13-14,16-17H2,1-8H3/t18-,23+/m1/s1. The molecule has 0 spiro atoms. The summed E-state index contributed by atoms with van der Waals surface area (Å²) in [5.74, 6) is -0.357. The highest BCUT2D eigenvalue weighted by atomic mass is 16.7. The van der Waals surface area contributed by atoms with Gasteiger partial charge < -0.3 is 24.5 Å². The molecule has 1 saturated heterocycles. The maximum atomic E-state index is 12.7. The Kier molecular flexibility index (Phi) is 8.23. The van der Waals surface area contributed by atoms with Crippen LogP contribution in [0.1, 0.15) is 92.2 Å². The van der Waals surface area contributed by atoms with Crippen LogP contribution in [0.3, 0.4) is 0 Å². The van der Waals surface area contributed by atoms with Crippen molar-refractivity contribution in [2.45, 2.75) is 122 Å². The number of hydrogen-bond donors (Lipinski definition) is 2. The van der Waals surface area contributed by atoms with Crippen molar-refractivity contribution >= 4 is 18.6 Å². The van der Waals surface area contributed by atoms with Gasteiger partial charge in [0.1, 0.15) is 12.1 Å². The third kappa shape index (κ3) is 6.04. The summed E-state index contributed by atoms with van der Waals surface area (Å²) < 4.78 is 18.4. The Morgan fingerprint density at radius 2 is 1.76 bits per heavy atom. The molecule has 1 aliphatic heterocycles. The molecule has 2 atom stereocenters. The lowest BCUT2D eigenvalue weighted by Crippen LogP contribution is -2.47. The van der Waals surface area contributed by atoms with Gasteiger partial charge in [-0.05, 0) is 88.7 Å². The Morgan fingerprint density at radius 3 is 2.29 bits per heavy atom. The van der Waals surface area contributed by atoms with Crippen LogP contribution < -0.4 is 10.8 Å². The van der Waals surface area contributed by atoms with Crippen molar-refractivity contribution in [2.75, 3.05) is 6.54 Å². The Balaban J connectivity index is 1.75. The van der Waals surface area contributed by atoms with Crippen molar-refractivity contribution in [3.8, 4) is 0 Å². The van der Waals surface area contributed by atoms with Gasteiger partial charge in [-0.1, -0.05) is 39.0 Å². The van der Waals surface area contributed by atoms with Crippen molar-refractivity contribution in [1.82, 2.24) is 5.32 Å². The number of aliphatic hydroxyl groups excluding tert-OH is 1. The summed E-state index contributed by atoms with van der Waals surface area (Å²) in [6, 6.07) is 5.54. The van der Waals surface area contributed by atoms with Crippen molar-refractivity contribution in [3.05, 3.63) is 29.3 Å². The molecule has 0 aromatic heterocycles. The molecule has 1 aliphatic carbocycles. The van der Waals surface area contributed by atoms with Gasteiger partial charge in [-0.25, -0.2) is 0 Å². The largest absolute Gasteiger partial charge is 0.495 e. The van der Waals surface area contributed by atoms with Crippen molar-refractivity contribution in [3.63, 3.8) is 0 Å². The topological polar surface area (TPSA) is 77.0 Å². The smallest absolute Gasteiger partial charge is 0.461 e. The van der Waals surface area contributed by atoms with Gasteiger partial charge in [0.25, 0.3) is 0 Å². The van der Waals surface area contributed by atoms with Gasteiger partial charge in [-0.15, -0.1) is 0 Å². The number of carbonyl (C=O) groups is 1. The monoisotopic (exact) mass is 473 g/mol. The van der Waals surface area contributed by atoms with Crippen LogP contribution in [-0.2, 0) is 30.7 Å². The highest BCUT2D eigenvalue weighted by Gasteiger charge is 2.52. The average Bonchev–Trinajstić information content (AvgIpc) is 3.28. The quantitative estimate of drug-likeness (QED) is 0.444. The summed E-state index contributed by atoms with van der Waals surface area (Å²) in [7, 11) is -0.432. The van der Waals surface area contributed by atoms with Crippen LogP contribution in [0.5, 0.6) is 0 Å². The molecule has 1 heterocycles. The first kappa shape index (κ1) is 27.2. The van der Waals surface area contributed by atoms with Crippen molar-refractivity contribution in [1.29, 1.82) is 0 Å². The van der Waals surface area contributed by atoms with E-state index in [0.717, 1.165) is 31.1 Å². The first-order chi connectivity index (χ1) is 15.7. The summed E-state index contributed by atoms with van der Waals surface area (Å²) >= 11 is 0. The van der Waals surface area contributed by atoms with Gasteiger partial charge in [-0.3, -0.25) is 4.79 Å². The normalized spacial score (nSPS) is 22.1.